The number of nitrogens with one attached hydrogen (secondary N) is 1. The molecule has 2 heterocycles. The van der Waals surface area contributed by atoms with Gasteiger partial charge in [0.05, 0.1) is 16.6 Å². The van der Waals surface area contributed by atoms with Crippen molar-refractivity contribution >= 4 is 34.7 Å². The standard InChI is InChI=1S/C23H25Cl2N4O.BrH/c1-16-6-8-17(9-7-16)21(30)15-29-23-5-3-2-4-12-28(23)22(27-29)14-26-18-10-11-19(24)20(25)13-18;/h6-11,13,26H,2-5,12,14-15H2,1H3;1H/q+1;/p-1. The number of anilines is 1. The number of nitrogens with zero attached hydrogens (tertiary/aromatic N) is 3. The average molecular weight is 524 g/mol. The summed E-state index contributed by atoms with van der Waals surface area (Å²) < 4.78 is 4.15. The second-order valence-corrected chi connectivity index (χ2v) is 8.54. The molecule has 3 aromatic rings. The van der Waals surface area contributed by atoms with Gasteiger partial charge in [-0.2, -0.15) is 0 Å². The SMILES string of the molecule is Cc1ccc(C(=O)Cn2nc(CNc3ccc(Cl)c(Cl)c3)[n+]3c2CCCCC3)cc1.[Br-]. The third kappa shape index (κ3) is 5.68. The quantitative estimate of drug-likeness (QED) is 0.397. The van der Waals surface area contributed by atoms with E-state index in [0.29, 0.717) is 16.6 Å². The van der Waals surface area contributed by atoms with Gasteiger partial charge < -0.3 is 22.3 Å². The van der Waals surface area contributed by atoms with Crippen molar-refractivity contribution in [1.29, 1.82) is 0 Å². The summed E-state index contributed by atoms with van der Waals surface area (Å²) in [6.45, 7) is 3.75. The van der Waals surface area contributed by atoms with E-state index in [2.05, 4.69) is 9.88 Å². The lowest BCUT2D eigenvalue weighted by atomic mass is 10.1. The second-order valence-electron chi connectivity index (χ2n) is 7.72. The van der Waals surface area contributed by atoms with Gasteiger partial charge in [-0.15, -0.1) is 4.68 Å². The number of hydrogen-bond donors (Lipinski definition) is 1. The maximum absolute atomic E-state index is 12.8. The zero-order valence-electron chi connectivity index (χ0n) is 17.4. The fourth-order valence-electron chi connectivity index (χ4n) is 3.80. The van der Waals surface area contributed by atoms with Gasteiger partial charge in [0, 0.05) is 22.8 Å². The van der Waals surface area contributed by atoms with Crippen LogP contribution in [0.2, 0.25) is 10.0 Å². The van der Waals surface area contributed by atoms with Crippen LogP contribution < -0.4 is 26.9 Å². The first-order chi connectivity index (χ1) is 14.5. The van der Waals surface area contributed by atoms with Crippen LogP contribution in [-0.4, -0.2) is 15.6 Å². The van der Waals surface area contributed by atoms with Crippen LogP contribution in [0, 0.1) is 6.92 Å². The van der Waals surface area contributed by atoms with Gasteiger partial charge in [-0.1, -0.05) is 53.0 Å². The van der Waals surface area contributed by atoms with Crippen molar-refractivity contribution in [3.63, 3.8) is 0 Å². The minimum absolute atomic E-state index is 0. The Bertz CT molecular complexity index is 1070. The molecule has 0 saturated heterocycles. The molecule has 0 saturated carbocycles. The van der Waals surface area contributed by atoms with Crippen molar-refractivity contribution < 1.29 is 26.3 Å². The fourth-order valence-corrected chi connectivity index (χ4v) is 4.10. The van der Waals surface area contributed by atoms with Crippen LogP contribution >= 0.6 is 23.2 Å². The van der Waals surface area contributed by atoms with Crippen molar-refractivity contribution in [1.82, 2.24) is 9.78 Å². The van der Waals surface area contributed by atoms with Crippen molar-refractivity contribution in [2.45, 2.75) is 52.2 Å². The molecular weight excluding hydrogens is 499 g/mol. The molecule has 8 heteroatoms. The van der Waals surface area contributed by atoms with Gasteiger partial charge >= 0.3 is 0 Å². The first-order valence-corrected chi connectivity index (χ1v) is 11.0. The fraction of sp³-hybridized carbons (Fsp3) is 0.348. The summed E-state index contributed by atoms with van der Waals surface area (Å²) in [7, 11) is 0. The number of halogens is 3. The highest BCUT2D eigenvalue weighted by molar-refractivity contribution is 6.42. The van der Waals surface area contributed by atoms with E-state index >= 15 is 0 Å². The van der Waals surface area contributed by atoms with Gasteiger partial charge in [-0.05, 0) is 44.4 Å². The predicted molar refractivity (Wildman–Crippen MR) is 119 cm³/mol. The summed E-state index contributed by atoms with van der Waals surface area (Å²) >= 11 is 12.1. The molecule has 1 N–H and O–H groups in total. The van der Waals surface area contributed by atoms with E-state index in [-0.39, 0.29) is 29.3 Å². The number of Topliss-reactive ketones (excluding diaryl/α,β-unsaturated/α-hetero) is 1. The Kier molecular flexibility index (Phi) is 8.14. The van der Waals surface area contributed by atoms with Crippen LogP contribution in [0.3, 0.4) is 0 Å². The molecule has 0 bridgehead atoms. The molecule has 0 unspecified atom stereocenters. The molecular formula is C23H25BrCl2N4O. The third-order valence-electron chi connectivity index (χ3n) is 5.48. The zero-order valence-corrected chi connectivity index (χ0v) is 20.5. The Morgan fingerprint density at radius 2 is 1.87 bits per heavy atom. The smallest absolute Gasteiger partial charge is 0.296 e. The Balaban J connectivity index is 0.00000272. The van der Waals surface area contributed by atoms with Crippen LogP contribution in [0.1, 0.15) is 46.8 Å². The Morgan fingerprint density at radius 1 is 1.10 bits per heavy atom. The minimum atomic E-state index is 0. The summed E-state index contributed by atoms with van der Waals surface area (Å²) in [5, 5.41) is 9.24. The van der Waals surface area contributed by atoms with E-state index in [0.717, 1.165) is 54.3 Å². The summed E-state index contributed by atoms with van der Waals surface area (Å²) in [6.07, 6.45) is 4.35. The Morgan fingerprint density at radius 3 is 2.61 bits per heavy atom. The minimum Gasteiger partial charge on any atom is -1.00 e. The molecule has 0 radical (unpaired) electrons. The van der Waals surface area contributed by atoms with Gasteiger partial charge in [0.15, 0.2) is 12.3 Å². The highest BCUT2D eigenvalue weighted by atomic mass is 79.9. The maximum Gasteiger partial charge on any atom is 0.296 e. The van der Waals surface area contributed by atoms with E-state index in [1.165, 1.54) is 6.42 Å². The van der Waals surface area contributed by atoms with Gasteiger partial charge in [-0.25, -0.2) is 4.57 Å². The molecule has 5 nitrogen and oxygen atoms in total. The average Bonchev–Trinajstić information content (AvgIpc) is 2.90. The molecule has 2 aromatic carbocycles. The lowest BCUT2D eigenvalue weighted by Crippen LogP contribution is -3.00. The zero-order chi connectivity index (χ0) is 21.1. The summed E-state index contributed by atoms with van der Waals surface area (Å²) in [5.41, 5.74) is 2.75. The summed E-state index contributed by atoms with van der Waals surface area (Å²) in [5.74, 6) is 2.13. The number of rotatable bonds is 6. The predicted octanol–water partition coefficient (Wildman–Crippen LogP) is 2.01. The first kappa shape index (κ1) is 23.8. The Hall–Kier alpha value is -1.89. The van der Waals surface area contributed by atoms with Crippen LogP contribution in [0.5, 0.6) is 0 Å². The van der Waals surface area contributed by atoms with Crippen LogP contribution in [0.15, 0.2) is 42.5 Å². The molecule has 0 spiro atoms. The number of aromatic nitrogens is 3. The monoisotopic (exact) mass is 522 g/mol. The number of benzene rings is 2. The van der Waals surface area contributed by atoms with Crippen LogP contribution in [0.4, 0.5) is 5.69 Å². The lowest BCUT2D eigenvalue weighted by molar-refractivity contribution is -0.710. The van der Waals surface area contributed by atoms with Crippen molar-refractivity contribution in [2.75, 3.05) is 5.32 Å². The molecule has 0 aliphatic carbocycles. The molecule has 1 aliphatic heterocycles. The van der Waals surface area contributed by atoms with E-state index in [1.54, 1.807) is 6.07 Å². The van der Waals surface area contributed by atoms with Gasteiger partial charge in [-0.3, -0.25) is 4.79 Å². The number of carbonyl (C=O) groups excluding carboxylic acids is 1. The maximum atomic E-state index is 12.8. The van der Waals surface area contributed by atoms with Gasteiger partial charge in [0.1, 0.15) is 6.54 Å². The van der Waals surface area contributed by atoms with Gasteiger partial charge in [0.2, 0.25) is 5.82 Å². The largest absolute Gasteiger partial charge is 1.00 e. The van der Waals surface area contributed by atoms with E-state index in [9.17, 15) is 4.79 Å². The number of ketones is 1. The van der Waals surface area contributed by atoms with Crippen molar-refractivity contribution in [3.8, 4) is 0 Å². The van der Waals surface area contributed by atoms with E-state index in [1.807, 2.05) is 48.0 Å². The molecule has 1 aliphatic rings. The normalized spacial score (nSPS) is 13.1. The molecule has 164 valence electrons. The topological polar surface area (TPSA) is 50.8 Å². The highest BCUT2D eigenvalue weighted by Gasteiger charge is 2.28. The highest BCUT2D eigenvalue weighted by Crippen LogP contribution is 2.25. The van der Waals surface area contributed by atoms with Gasteiger partial charge in [0.25, 0.3) is 5.82 Å². The second kappa shape index (κ2) is 10.6. The summed E-state index contributed by atoms with van der Waals surface area (Å²) in [4.78, 5) is 12.8. The van der Waals surface area contributed by atoms with Crippen LogP contribution in [-0.2, 0) is 26.1 Å². The number of aryl methyl sites for hydroxylation is 1. The molecule has 31 heavy (non-hydrogen) atoms. The Labute approximate surface area is 203 Å². The number of hydrogen-bond acceptors (Lipinski definition) is 3. The summed E-state index contributed by atoms with van der Waals surface area (Å²) in [6, 6.07) is 13.2. The molecule has 1 aromatic heterocycles. The first-order valence-electron chi connectivity index (χ1n) is 10.3. The van der Waals surface area contributed by atoms with Crippen LogP contribution in [0.25, 0.3) is 0 Å². The molecule has 0 amide bonds. The van der Waals surface area contributed by atoms with E-state index in [4.69, 9.17) is 28.3 Å². The van der Waals surface area contributed by atoms with Crippen molar-refractivity contribution in [2.24, 2.45) is 0 Å². The third-order valence-corrected chi connectivity index (χ3v) is 6.22. The molecule has 4 rings (SSSR count). The van der Waals surface area contributed by atoms with Crippen molar-refractivity contribution in [3.05, 3.63) is 75.3 Å². The lowest BCUT2D eigenvalue weighted by Gasteiger charge is -2.06. The number of fused-ring (bicyclic) bond motifs is 1. The number of carbonyl (C=O) groups is 1. The molecule has 0 atom stereocenters. The van der Waals surface area contributed by atoms with E-state index < -0.39 is 0 Å². The molecule has 0 fully saturated rings.